The first-order valence-electron chi connectivity index (χ1n) is 10.2. The van der Waals surface area contributed by atoms with Crippen molar-refractivity contribution in [3.05, 3.63) is 16.1 Å². The number of thiazole rings is 1. The number of hydrogen-bond donors (Lipinski definition) is 2. The minimum atomic E-state index is -4.38. The summed E-state index contributed by atoms with van der Waals surface area (Å²) in [6.45, 7) is 10.9. The Morgan fingerprint density at radius 3 is 2.63 bits per heavy atom. The molecular weight excluding hydrogens is 530 g/mol. The van der Waals surface area contributed by atoms with Crippen LogP contribution in [-0.2, 0) is 17.3 Å². The number of halogens is 4. The minimum Gasteiger partial charge on any atom is -0.377 e. The molecule has 2 heterocycles. The zero-order valence-electron chi connectivity index (χ0n) is 17.8. The summed E-state index contributed by atoms with van der Waals surface area (Å²) in [6.07, 6.45) is -1.69. The van der Waals surface area contributed by atoms with Crippen molar-refractivity contribution in [1.29, 1.82) is 0 Å². The van der Waals surface area contributed by atoms with E-state index in [4.69, 9.17) is 4.74 Å². The summed E-state index contributed by atoms with van der Waals surface area (Å²) in [5, 5.41) is 8.17. The molecule has 0 radical (unpaired) electrons. The third-order valence-corrected chi connectivity index (χ3v) is 5.48. The molecule has 1 aromatic rings. The molecule has 0 amide bonds. The summed E-state index contributed by atoms with van der Waals surface area (Å²) in [4.78, 5) is 10.6. The fraction of sp³-hybridized carbons (Fsp3) is 0.789. The summed E-state index contributed by atoms with van der Waals surface area (Å²) in [6, 6.07) is 0.340. The lowest BCUT2D eigenvalue weighted by Gasteiger charge is -2.33. The molecule has 1 aliphatic rings. The largest absolute Gasteiger partial charge is 0.434 e. The van der Waals surface area contributed by atoms with Crippen LogP contribution in [0.25, 0.3) is 0 Å². The molecule has 1 saturated heterocycles. The lowest BCUT2D eigenvalue weighted by molar-refractivity contribution is -0.140. The summed E-state index contributed by atoms with van der Waals surface area (Å²) in [5.41, 5.74) is -0.822. The van der Waals surface area contributed by atoms with Gasteiger partial charge in [-0.2, -0.15) is 13.2 Å². The Morgan fingerprint density at radius 2 is 2.07 bits per heavy atom. The van der Waals surface area contributed by atoms with Gasteiger partial charge >= 0.3 is 6.18 Å². The van der Waals surface area contributed by atoms with E-state index in [0.717, 1.165) is 62.3 Å². The van der Waals surface area contributed by atoms with Crippen molar-refractivity contribution in [2.24, 2.45) is 4.99 Å². The van der Waals surface area contributed by atoms with Crippen molar-refractivity contribution in [2.75, 3.05) is 39.3 Å². The van der Waals surface area contributed by atoms with Crippen molar-refractivity contribution >= 4 is 41.3 Å². The van der Waals surface area contributed by atoms with Gasteiger partial charge in [0.1, 0.15) is 0 Å². The number of nitrogens with zero attached hydrogens (tertiary/aromatic N) is 3. The standard InChI is InChI=1S/C19H32F3N5OS.HI/c1-4-23-18(24-8-5-17-26-16(13-29-17)19(20,21)22)25-15-6-9-27(10-7-15)11-12-28-14(2)3;/h13-15H,4-12H2,1-3H3,(H2,23,24,25);1H. The Hall–Kier alpha value is -0.660. The van der Waals surface area contributed by atoms with Gasteiger partial charge in [-0.25, -0.2) is 4.98 Å². The van der Waals surface area contributed by atoms with Gasteiger partial charge in [0.25, 0.3) is 0 Å². The third kappa shape index (κ3) is 10.1. The van der Waals surface area contributed by atoms with Crippen LogP contribution in [0.4, 0.5) is 13.2 Å². The fourth-order valence-corrected chi connectivity index (χ4v) is 3.85. The van der Waals surface area contributed by atoms with Crippen LogP contribution in [0, 0.1) is 0 Å². The Labute approximate surface area is 198 Å². The SMILES string of the molecule is CCNC(=NCCc1nc(C(F)(F)F)cs1)NC1CCN(CCOC(C)C)CC1.I. The summed E-state index contributed by atoms with van der Waals surface area (Å²) in [7, 11) is 0. The molecule has 0 saturated carbocycles. The van der Waals surface area contributed by atoms with Gasteiger partial charge in [0, 0.05) is 50.6 Å². The van der Waals surface area contributed by atoms with Crippen molar-refractivity contribution in [1.82, 2.24) is 20.5 Å². The number of alkyl halides is 3. The maximum atomic E-state index is 12.6. The quantitative estimate of drug-likeness (QED) is 0.272. The maximum absolute atomic E-state index is 12.6. The van der Waals surface area contributed by atoms with Crippen LogP contribution >= 0.6 is 35.3 Å². The second kappa shape index (κ2) is 13.7. The van der Waals surface area contributed by atoms with Gasteiger partial charge in [-0.3, -0.25) is 4.99 Å². The van der Waals surface area contributed by atoms with Crippen molar-refractivity contribution in [3.63, 3.8) is 0 Å². The molecule has 174 valence electrons. The molecule has 1 aliphatic heterocycles. The van der Waals surface area contributed by atoms with Gasteiger partial charge in [-0.05, 0) is 33.6 Å². The van der Waals surface area contributed by atoms with E-state index in [2.05, 4.69) is 25.5 Å². The summed E-state index contributed by atoms with van der Waals surface area (Å²) < 4.78 is 43.5. The molecule has 6 nitrogen and oxygen atoms in total. The number of hydrogen-bond acceptors (Lipinski definition) is 5. The topological polar surface area (TPSA) is 61.8 Å². The van der Waals surface area contributed by atoms with Gasteiger partial charge in [0.2, 0.25) is 0 Å². The molecular formula is C19H33F3IN5OS. The molecule has 0 spiro atoms. The average molecular weight is 563 g/mol. The molecule has 0 aromatic carbocycles. The first-order valence-corrected chi connectivity index (χ1v) is 11.1. The predicted molar refractivity (Wildman–Crippen MR) is 126 cm³/mol. The smallest absolute Gasteiger partial charge is 0.377 e. The molecule has 30 heavy (non-hydrogen) atoms. The molecule has 1 fully saturated rings. The van der Waals surface area contributed by atoms with E-state index in [1.54, 1.807) is 0 Å². The van der Waals surface area contributed by atoms with Crippen molar-refractivity contribution in [2.45, 2.75) is 58.4 Å². The lowest BCUT2D eigenvalue weighted by atomic mass is 10.1. The second-order valence-corrected chi connectivity index (χ2v) is 8.26. The number of likely N-dealkylation sites (tertiary alicyclic amines) is 1. The first-order chi connectivity index (χ1) is 13.8. The molecule has 11 heteroatoms. The zero-order chi connectivity index (χ0) is 21.3. The Morgan fingerprint density at radius 1 is 1.37 bits per heavy atom. The van der Waals surface area contributed by atoms with Gasteiger partial charge < -0.3 is 20.3 Å². The van der Waals surface area contributed by atoms with Gasteiger partial charge in [0.15, 0.2) is 11.7 Å². The highest BCUT2D eigenvalue weighted by atomic mass is 127. The number of aromatic nitrogens is 1. The number of ether oxygens (including phenoxy) is 1. The second-order valence-electron chi connectivity index (χ2n) is 7.31. The fourth-order valence-electron chi connectivity index (χ4n) is 3.05. The number of piperidine rings is 1. The lowest BCUT2D eigenvalue weighted by Crippen LogP contribution is -2.49. The molecule has 2 rings (SSSR count). The number of guanidine groups is 1. The van der Waals surface area contributed by atoms with Crippen LogP contribution in [0.1, 0.15) is 44.3 Å². The highest BCUT2D eigenvalue weighted by molar-refractivity contribution is 14.0. The van der Waals surface area contributed by atoms with E-state index < -0.39 is 11.9 Å². The van der Waals surface area contributed by atoms with Crippen LogP contribution in [0.5, 0.6) is 0 Å². The van der Waals surface area contributed by atoms with Crippen LogP contribution in [-0.4, -0.2) is 67.3 Å². The Balaban J connectivity index is 0.00000450. The molecule has 0 atom stereocenters. The maximum Gasteiger partial charge on any atom is 0.434 e. The average Bonchev–Trinajstić information content (AvgIpc) is 3.12. The molecule has 2 N–H and O–H groups in total. The number of nitrogens with one attached hydrogen (secondary N) is 2. The zero-order valence-corrected chi connectivity index (χ0v) is 20.9. The van der Waals surface area contributed by atoms with Crippen LogP contribution in [0.2, 0.25) is 0 Å². The minimum absolute atomic E-state index is 0. The van der Waals surface area contributed by atoms with Gasteiger partial charge in [0.05, 0.1) is 17.7 Å². The first kappa shape index (κ1) is 27.4. The molecule has 0 unspecified atom stereocenters. The highest BCUT2D eigenvalue weighted by Crippen LogP contribution is 2.30. The van der Waals surface area contributed by atoms with Crippen molar-refractivity contribution in [3.8, 4) is 0 Å². The predicted octanol–water partition coefficient (Wildman–Crippen LogP) is 3.77. The third-order valence-electron chi connectivity index (χ3n) is 4.57. The van der Waals surface area contributed by atoms with E-state index in [-0.39, 0.29) is 30.1 Å². The van der Waals surface area contributed by atoms with Crippen molar-refractivity contribution < 1.29 is 17.9 Å². The summed E-state index contributed by atoms with van der Waals surface area (Å²) >= 11 is 1.03. The van der Waals surface area contributed by atoms with Crippen LogP contribution < -0.4 is 10.6 Å². The molecule has 0 bridgehead atoms. The summed E-state index contributed by atoms with van der Waals surface area (Å²) in [5.74, 6) is 0.710. The molecule has 0 aliphatic carbocycles. The van der Waals surface area contributed by atoms with E-state index in [0.29, 0.717) is 30.0 Å². The monoisotopic (exact) mass is 563 g/mol. The van der Waals surface area contributed by atoms with E-state index in [1.165, 1.54) is 0 Å². The Kier molecular flexibility index (Phi) is 12.5. The van der Waals surface area contributed by atoms with E-state index in [1.807, 2.05) is 20.8 Å². The molecule has 1 aromatic heterocycles. The van der Waals surface area contributed by atoms with Gasteiger partial charge in [-0.15, -0.1) is 35.3 Å². The van der Waals surface area contributed by atoms with E-state index >= 15 is 0 Å². The highest BCUT2D eigenvalue weighted by Gasteiger charge is 2.33. The van der Waals surface area contributed by atoms with E-state index in [9.17, 15) is 13.2 Å². The normalized spacial score (nSPS) is 16.6. The van der Waals surface area contributed by atoms with Crippen LogP contribution in [0.3, 0.4) is 0 Å². The van der Waals surface area contributed by atoms with Gasteiger partial charge in [-0.1, -0.05) is 0 Å². The number of rotatable bonds is 9. The number of aliphatic imine (C=N–C) groups is 1. The van der Waals surface area contributed by atoms with Crippen LogP contribution in [0.15, 0.2) is 10.4 Å². The Bertz CT molecular complexity index is 634.